The number of carbonyl (C=O) groups excluding carboxylic acids is 1. The minimum Gasteiger partial charge on any atom is -0.376 e. The first-order chi connectivity index (χ1) is 12.0. The molecule has 0 spiro atoms. The number of anilines is 1. The smallest absolute Gasteiger partial charge is 0.344 e. The van der Waals surface area contributed by atoms with Crippen molar-refractivity contribution < 1.29 is 13.9 Å². The van der Waals surface area contributed by atoms with Gasteiger partial charge in [0, 0.05) is 12.3 Å². The van der Waals surface area contributed by atoms with Crippen LogP contribution >= 0.6 is 11.8 Å². The third-order valence-electron chi connectivity index (χ3n) is 3.92. The van der Waals surface area contributed by atoms with Gasteiger partial charge >= 0.3 is 5.69 Å². The third-order valence-corrected chi connectivity index (χ3v) is 4.90. The van der Waals surface area contributed by atoms with E-state index in [0.717, 1.165) is 24.6 Å². The Labute approximate surface area is 148 Å². The molecule has 0 aliphatic carbocycles. The van der Waals surface area contributed by atoms with Crippen LogP contribution in [0.15, 0.2) is 28.2 Å². The molecule has 1 aliphatic rings. The molecule has 2 N–H and O–H groups in total. The number of nitrogens with one attached hydrogen (secondary N) is 2. The van der Waals surface area contributed by atoms with Gasteiger partial charge < -0.3 is 10.1 Å². The van der Waals surface area contributed by atoms with Gasteiger partial charge in [-0.3, -0.25) is 9.36 Å². The van der Waals surface area contributed by atoms with Crippen molar-refractivity contribution in [2.75, 3.05) is 17.7 Å². The van der Waals surface area contributed by atoms with E-state index in [9.17, 15) is 14.0 Å². The number of thioether (sulfide) groups is 1. The Morgan fingerprint density at radius 2 is 2.40 bits per heavy atom. The summed E-state index contributed by atoms with van der Waals surface area (Å²) in [6.07, 6.45) is 1.88. The lowest BCUT2D eigenvalue weighted by Crippen LogP contribution is -2.25. The quantitative estimate of drug-likeness (QED) is 0.763. The Morgan fingerprint density at radius 3 is 3.12 bits per heavy atom. The highest BCUT2D eigenvalue weighted by Gasteiger charge is 2.20. The molecule has 7 nitrogen and oxygen atoms in total. The summed E-state index contributed by atoms with van der Waals surface area (Å²) in [4.78, 5) is 23.9. The molecule has 25 heavy (non-hydrogen) atoms. The Kier molecular flexibility index (Phi) is 5.54. The number of amides is 1. The maximum Gasteiger partial charge on any atom is 0.344 e. The Balaban J connectivity index is 1.58. The number of nitrogens with zero attached hydrogens (tertiary/aromatic N) is 2. The molecule has 0 unspecified atom stereocenters. The maximum atomic E-state index is 13.5. The minimum absolute atomic E-state index is 0.000917. The van der Waals surface area contributed by atoms with Crippen LogP contribution in [0.25, 0.3) is 0 Å². The second kappa shape index (κ2) is 7.83. The average molecular weight is 366 g/mol. The number of aromatic amines is 1. The fourth-order valence-electron chi connectivity index (χ4n) is 2.56. The summed E-state index contributed by atoms with van der Waals surface area (Å²) in [5.74, 6) is -0.610. The van der Waals surface area contributed by atoms with Crippen molar-refractivity contribution in [1.82, 2.24) is 14.8 Å². The van der Waals surface area contributed by atoms with Crippen molar-refractivity contribution in [3.8, 4) is 0 Å². The van der Waals surface area contributed by atoms with Gasteiger partial charge in [0.2, 0.25) is 5.91 Å². The molecule has 1 atom stereocenters. The lowest BCUT2D eigenvalue weighted by atomic mass is 10.2. The number of halogens is 1. The summed E-state index contributed by atoms with van der Waals surface area (Å²) < 4.78 is 20.5. The molecule has 0 bridgehead atoms. The highest BCUT2D eigenvalue weighted by Crippen LogP contribution is 2.19. The van der Waals surface area contributed by atoms with E-state index in [4.69, 9.17) is 4.74 Å². The first kappa shape index (κ1) is 17.7. The molecule has 9 heteroatoms. The van der Waals surface area contributed by atoms with Crippen LogP contribution in [0.1, 0.15) is 18.4 Å². The zero-order chi connectivity index (χ0) is 17.8. The highest BCUT2D eigenvalue weighted by atomic mass is 32.2. The summed E-state index contributed by atoms with van der Waals surface area (Å²) in [5.41, 5.74) is 0.591. The molecule has 1 aromatic carbocycles. The lowest BCUT2D eigenvalue weighted by molar-refractivity contribution is -0.113. The van der Waals surface area contributed by atoms with Gasteiger partial charge in [0.1, 0.15) is 5.82 Å². The highest BCUT2D eigenvalue weighted by molar-refractivity contribution is 7.99. The number of benzene rings is 1. The zero-order valence-electron chi connectivity index (χ0n) is 13.8. The van der Waals surface area contributed by atoms with E-state index >= 15 is 0 Å². The summed E-state index contributed by atoms with van der Waals surface area (Å²) in [7, 11) is 0. The molecular weight excluding hydrogens is 347 g/mol. The molecule has 0 saturated carbocycles. The summed E-state index contributed by atoms with van der Waals surface area (Å²) >= 11 is 1.15. The number of rotatable bonds is 6. The van der Waals surface area contributed by atoms with E-state index in [1.807, 2.05) is 0 Å². The molecular formula is C16H19FN4O3S. The van der Waals surface area contributed by atoms with Gasteiger partial charge in [0.25, 0.3) is 0 Å². The van der Waals surface area contributed by atoms with Gasteiger partial charge in [-0.1, -0.05) is 17.8 Å². The van der Waals surface area contributed by atoms with Gasteiger partial charge in [-0.25, -0.2) is 14.3 Å². The predicted octanol–water partition coefficient (Wildman–Crippen LogP) is 1.93. The molecule has 1 saturated heterocycles. The van der Waals surface area contributed by atoms with E-state index in [2.05, 4.69) is 15.5 Å². The van der Waals surface area contributed by atoms with Crippen molar-refractivity contribution in [3.63, 3.8) is 0 Å². The van der Waals surface area contributed by atoms with Crippen LogP contribution in [-0.4, -0.2) is 39.1 Å². The standard InChI is InChI=1S/C16H19FN4O3S/c1-10-4-5-11(7-13(10)17)18-14(22)9-25-16-20-19-15(23)21(16)8-12-3-2-6-24-12/h4-5,7,12H,2-3,6,8-9H2,1H3,(H,18,22)(H,19,23)/t12-/m1/s1. The Bertz CT molecular complexity index is 814. The number of aryl methyl sites for hydroxylation is 1. The topological polar surface area (TPSA) is 89.0 Å². The van der Waals surface area contributed by atoms with E-state index in [0.29, 0.717) is 29.6 Å². The van der Waals surface area contributed by atoms with E-state index < -0.39 is 0 Å². The van der Waals surface area contributed by atoms with E-state index in [1.54, 1.807) is 19.1 Å². The van der Waals surface area contributed by atoms with Gasteiger partial charge in [-0.2, -0.15) is 0 Å². The largest absolute Gasteiger partial charge is 0.376 e. The molecule has 1 aliphatic heterocycles. The SMILES string of the molecule is Cc1ccc(NC(=O)CSc2n[nH]c(=O)n2C[C@H]2CCCO2)cc1F. The predicted molar refractivity (Wildman–Crippen MR) is 92.3 cm³/mol. The van der Waals surface area contributed by atoms with Crippen molar-refractivity contribution in [2.24, 2.45) is 0 Å². The number of hydrogen-bond donors (Lipinski definition) is 2. The molecule has 3 rings (SSSR count). The van der Waals surface area contributed by atoms with Gasteiger partial charge in [-0.15, -0.1) is 5.10 Å². The number of H-pyrrole nitrogens is 1. The van der Waals surface area contributed by atoms with Crippen LogP contribution in [-0.2, 0) is 16.1 Å². The van der Waals surface area contributed by atoms with Gasteiger partial charge in [0.15, 0.2) is 5.16 Å². The Hall–Kier alpha value is -2.13. The normalized spacial score (nSPS) is 17.0. The summed E-state index contributed by atoms with van der Waals surface area (Å²) in [6, 6.07) is 4.52. The second-order valence-electron chi connectivity index (χ2n) is 5.86. The zero-order valence-corrected chi connectivity index (χ0v) is 14.6. The summed E-state index contributed by atoms with van der Waals surface area (Å²) in [6.45, 7) is 2.78. The van der Waals surface area contributed by atoms with Gasteiger partial charge in [0.05, 0.1) is 18.4 Å². The van der Waals surface area contributed by atoms with Crippen LogP contribution in [0.2, 0.25) is 0 Å². The number of ether oxygens (including phenoxy) is 1. The molecule has 2 aromatic rings. The first-order valence-corrected chi connectivity index (χ1v) is 8.97. The van der Waals surface area contributed by atoms with Crippen LogP contribution in [0.4, 0.5) is 10.1 Å². The number of carbonyl (C=O) groups is 1. The second-order valence-corrected chi connectivity index (χ2v) is 6.80. The fraction of sp³-hybridized carbons (Fsp3) is 0.438. The Morgan fingerprint density at radius 1 is 1.56 bits per heavy atom. The maximum absolute atomic E-state index is 13.5. The molecule has 1 fully saturated rings. The van der Waals surface area contributed by atoms with Crippen LogP contribution in [0.3, 0.4) is 0 Å². The van der Waals surface area contributed by atoms with Crippen LogP contribution < -0.4 is 11.0 Å². The minimum atomic E-state index is -0.372. The number of aromatic nitrogens is 3. The molecule has 0 radical (unpaired) electrons. The van der Waals surface area contributed by atoms with Crippen LogP contribution in [0, 0.1) is 12.7 Å². The van der Waals surface area contributed by atoms with E-state index in [1.165, 1.54) is 10.6 Å². The number of hydrogen-bond acceptors (Lipinski definition) is 5. The first-order valence-electron chi connectivity index (χ1n) is 7.98. The van der Waals surface area contributed by atoms with Crippen molar-refractivity contribution in [1.29, 1.82) is 0 Å². The van der Waals surface area contributed by atoms with Gasteiger partial charge in [-0.05, 0) is 37.5 Å². The van der Waals surface area contributed by atoms with E-state index in [-0.39, 0.29) is 29.3 Å². The average Bonchev–Trinajstić information content (AvgIpc) is 3.21. The monoisotopic (exact) mass is 366 g/mol. The van der Waals surface area contributed by atoms with Crippen LogP contribution in [0.5, 0.6) is 0 Å². The van der Waals surface area contributed by atoms with Crippen molar-refractivity contribution in [3.05, 3.63) is 40.1 Å². The van der Waals surface area contributed by atoms with Crippen molar-refractivity contribution >= 4 is 23.4 Å². The van der Waals surface area contributed by atoms with Crippen molar-refractivity contribution in [2.45, 2.75) is 37.6 Å². The molecule has 1 amide bonds. The summed E-state index contributed by atoms with van der Waals surface area (Å²) in [5, 5.41) is 9.42. The third kappa shape index (κ3) is 4.49. The lowest BCUT2D eigenvalue weighted by Gasteiger charge is -2.11. The molecule has 2 heterocycles. The molecule has 1 aromatic heterocycles. The molecule has 134 valence electrons. The fourth-order valence-corrected chi connectivity index (χ4v) is 3.32.